The van der Waals surface area contributed by atoms with Gasteiger partial charge in [-0.15, -0.1) is 0 Å². The first kappa shape index (κ1) is 17.4. The van der Waals surface area contributed by atoms with Crippen molar-refractivity contribution in [2.45, 2.75) is 27.1 Å². The average Bonchev–Trinajstić information content (AvgIpc) is 2.90. The Kier molecular flexibility index (Phi) is 5.06. The number of halogens is 1. The third kappa shape index (κ3) is 4.00. The summed E-state index contributed by atoms with van der Waals surface area (Å²) in [6.07, 6.45) is 0. The molecule has 0 aliphatic heterocycles. The first-order valence-corrected chi connectivity index (χ1v) is 8.51. The topological polar surface area (TPSA) is 40.1 Å². The normalized spacial score (nSPS) is 12.3. The van der Waals surface area contributed by atoms with E-state index in [9.17, 15) is 4.39 Å². The molecule has 2 aromatic carbocycles. The minimum atomic E-state index is -0.220. The molecule has 1 unspecified atom stereocenters. The van der Waals surface area contributed by atoms with Crippen molar-refractivity contribution < 1.29 is 9.29 Å². The van der Waals surface area contributed by atoms with Gasteiger partial charge in [0, 0.05) is 5.56 Å². The summed E-state index contributed by atoms with van der Waals surface area (Å²) < 4.78 is 17.2. The molecule has 0 bridgehead atoms. The smallest absolute Gasteiger partial charge is 0.225 e. The molecule has 0 spiro atoms. The van der Waals surface area contributed by atoms with E-state index in [-0.39, 0.29) is 5.82 Å². The van der Waals surface area contributed by atoms with Gasteiger partial charge in [-0.2, -0.15) is 9.36 Å². The molecule has 0 aliphatic rings. The number of aromatic nitrogens is 4. The highest BCUT2D eigenvalue weighted by Crippen LogP contribution is 2.15. The average molecular weight is 358 g/mol. The Morgan fingerprint density at radius 2 is 1.92 bits per heavy atom. The van der Waals surface area contributed by atoms with Crippen molar-refractivity contribution in [1.82, 2.24) is 19.8 Å². The predicted octanol–water partition coefficient (Wildman–Crippen LogP) is 2.23. The number of benzene rings is 2. The van der Waals surface area contributed by atoms with Crippen LogP contribution in [0.3, 0.4) is 0 Å². The summed E-state index contributed by atoms with van der Waals surface area (Å²) in [7, 11) is 2.02. The zero-order chi connectivity index (χ0) is 18.0. The van der Waals surface area contributed by atoms with Crippen LogP contribution in [-0.4, -0.2) is 26.8 Å². The van der Waals surface area contributed by atoms with Gasteiger partial charge in [-0.3, -0.25) is 0 Å². The molecule has 1 aromatic heterocycles. The van der Waals surface area contributed by atoms with E-state index in [0.717, 1.165) is 27.3 Å². The summed E-state index contributed by atoms with van der Waals surface area (Å²) in [5.41, 5.74) is 4.12. The number of nitrogens with one attached hydrogen (secondary N) is 1. The first-order chi connectivity index (χ1) is 11.9. The van der Waals surface area contributed by atoms with Crippen molar-refractivity contribution in [3.63, 3.8) is 0 Å². The van der Waals surface area contributed by atoms with Gasteiger partial charge in [-0.1, -0.05) is 24.3 Å². The lowest BCUT2D eigenvalue weighted by Crippen LogP contribution is -3.07. The number of rotatable bonds is 5. The second-order valence-corrected chi connectivity index (χ2v) is 6.75. The maximum atomic E-state index is 13.3. The van der Waals surface area contributed by atoms with Crippen molar-refractivity contribution in [2.24, 2.45) is 0 Å². The molecule has 5 nitrogen and oxygen atoms in total. The molecule has 0 aliphatic carbocycles. The van der Waals surface area contributed by atoms with Crippen LogP contribution < -0.4 is 4.90 Å². The van der Waals surface area contributed by atoms with Gasteiger partial charge in [0.15, 0.2) is 6.67 Å². The van der Waals surface area contributed by atoms with Crippen LogP contribution in [0.15, 0.2) is 42.5 Å². The molecular formula is C18H21FN5S+. The molecule has 0 saturated heterocycles. The molecule has 0 amide bonds. The molecular weight excluding hydrogens is 337 g/mol. The summed E-state index contributed by atoms with van der Waals surface area (Å²) in [6, 6.07) is 12.8. The maximum Gasteiger partial charge on any atom is 0.225 e. The molecule has 25 heavy (non-hydrogen) atoms. The van der Waals surface area contributed by atoms with Gasteiger partial charge in [-0.05, 0) is 65.8 Å². The lowest BCUT2D eigenvalue weighted by Gasteiger charge is -2.13. The van der Waals surface area contributed by atoms with Crippen molar-refractivity contribution in [1.29, 1.82) is 0 Å². The summed E-state index contributed by atoms with van der Waals surface area (Å²) in [5.74, 6) is -0.220. The lowest BCUT2D eigenvalue weighted by molar-refractivity contribution is -0.917. The van der Waals surface area contributed by atoms with E-state index in [4.69, 9.17) is 12.2 Å². The van der Waals surface area contributed by atoms with Gasteiger partial charge in [0.05, 0.1) is 12.7 Å². The van der Waals surface area contributed by atoms with Crippen LogP contribution >= 0.6 is 12.2 Å². The molecule has 1 N–H and O–H groups in total. The van der Waals surface area contributed by atoms with E-state index in [1.807, 2.05) is 39.1 Å². The highest BCUT2D eigenvalue weighted by atomic mass is 32.1. The third-order valence-electron chi connectivity index (χ3n) is 4.05. The Hall–Kier alpha value is -2.38. The molecule has 130 valence electrons. The number of hydrogen-bond acceptors (Lipinski definition) is 3. The first-order valence-electron chi connectivity index (χ1n) is 8.10. The summed E-state index contributed by atoms with van der Waals surface area (Å²) >= 11 is 5.54. The van der Waals surface area contributed by atoms with Crippen molar-refractivity contribution >= 4 is 12.2 Å². The fourth-order valence-electron chi connectivity index (χ4n) is 2.78. The van der Waals surface area contributed by atoms with Crippen LogP contribution in [0.1, 0.15) is 16.7 Å². The Balaban J connectivity index is 1.79. The molecule has 1 atom stereocenters. The molecule has 3 aromatic rings. The van der Waals surface area contributed by atoms with Crippen LogP contribution in [0.25, 0.3) is 5.69 Å². The monoisotopic (exact) mass is 358 g/mol. The second-order valence-electron chi connectivity index (χ2n) is 6.38. The predicted molar refractivity (Wildman–Crippen MR) is 96.6 cm³/mol. The Morgan fingerprint density at radius 1 is 1.12 bits per heavy atom. The number of tetrazole rings is 1. The highest BCUT2D eigenvalue weighted by Gasteiger charge is 2.12. The fraction of sp³-hybridized carbons (Fsp3) is 0.278. The van der Waals surface area contributed by atoms with E-state index in [2.05, 4.69) is 16.5 Å². The van der Waals surface area contributed by atoms with E-state index in [0.29, 0.717) is 18.0 Å². The van der Waals surface area contributed by atoms with Crippen LogP contribution in [0.2, 0.25) is 0 Å². The van der Waals surface area contributed by atoms with Crippen LogP contribution in [0, 0.1) is 24.4 Å². The van der Waals surface area contributed by atoms with E-state index >= 15 is 0 Å². The Labute approximate surface area is 151 Å². The second kappa shape index (κ2) is 7.25. The van der Waals surface area contributed by atoms with Gasteiger partial charge in [0.25, 0.3) is 0 Å². The number of quaternary nitrogens is 1. The number of hydrogen-bond donors (Lipinski definition) is 1. The lowest BCUT2D eigenvalue weighted by atomic mass is 10.1. The number of nitrogens with zero attached hydrogens (tertiary/aromatic N) is 4. The minimum Gasteiger partial charge on any atom is -0.315 e. The van der Waals surface area contributed by atoms with E-state index in [1.165, 1.54) is 6.07 Å². The zero-order valence-corrected chi connectivity index (χ0v) is 15.3. The SMILES string of the molecule is Cc1ccc(C)c(-n2nnn(C[NH+](C)Cc3cccc(F)c3)c2=S)c1. The highest BCUT2D eigenvalue weighted by molar-refractivity contribution is 7.71. The Bertz CT molecular complexity index is 947. The van der Waals surface area contributed by atoms with Crippen LogP contribution in [-0.2, 0) is 13.2 Å². The summed E-state index contributed by atoms with van der Waals surface area (Å²) in [4.78, 5) is 1.13. The van der Waals surface area contributed by atoms with Gasteiger partial charge in [-0.25, -0.2) is 4.39 Å². The van der Waals surface area contributed by atoms with Crippen molar-refractivity contribution in [3.8, 4) is 5.69 Å². The summed E-state index contributed by atoms with van der Waals surface area (Å²) in [5, 5.41) is 8.41. The van der Waals surface area contributed by atoms with E-state index in [1.54, 1.807) is 21.5 Å². The van der Waals surface area contributed by atoms with Gasteiger partial charge >= 0.3 is 0 Å². The zero-order valence-electron chi connectivity index (χ0n) is 14.5. The molecule has 0 radical (unpaired) electrons. The largest absolute Gasteiger partial charge is 0.315 e. The third-order valence-corrected chi connectivity index (χ3v) is 4.43. The van der Waals surface area contributed by atoms with Gasteiger partial charge in [0.2, 0.25) is 4.77 Å². The van der Waals surface area contributed by atoms with Crippen LogP contribution in [0.4, 0.5) is 4.39 Å². The van der Waals surface area contributed by atoms with Gasteiger partial charge in [0.1, 0.15) is 12.4 Å². The van der Waals surface area contributed by atoms with Crippen LogP contribution in [0.5, 0.6) is 0 Å². The molecule has 7 heteroatoms. The number of aryl methyl sites for hydroxylation is 2. The minimum absolute atomic E-state index is 0.220. The standard InChI is InChI=1S/C18H20FN5S/c1-13-7-8-14(2)17(9-13)24-18(25)23(20-21-24)12-22(3)11-15-5-4-6-16(19)10-15/h4-10H,11-12H2,1-3H3/p+1. The van der Waals surface area contributed by atoms with Gasteiger partial charge < -0.3 is 4.90 Å². The molecule has 3 rings (SSSR count). The quantitative estimate of drug-likeness (QED) is 0.711. The maximum absolute atomic E-state index is 13.3. The Morgan fingerprint density at radius 3 is 2.68 bits per heavy atom. The molecule has 1 heterocycles. The van der Waals surface area contributed by atoms with Crippen molar-refractivity contribution in [2.75, 3.05) is 7.05 Å². The van der Waals surface area contributed by atoms with Crippen molar-refractivity contribution in [3.05, 3.63) is 69.7 Å². The fourth-order valence-corrected chi connectivity index (χ4v) is 3.02. The molecule has 0 saturated carbocycles. The van der Waals surface area contributed by atoms with E-state index < -0.39 is 0 Å². The summed E-state index contributed by atoms with van der Waals surface area (Å²) in [6.45, 7) is 5.29. The molecule has 0 fully saturated rings.